The van der Waals surface area contributed by atoms with E-state index in [0.29, 0.717) is 18.1 Å². The van der Waals surface area contributed by atoms with Gasteiger partial charge < -0.3 is 14.0 Å². The first-order valence-electron chi connectivity index (χ1n) is 6.88. The van der Waals surface area contributed by atoms with Crippen molar-refractivity contribution in [2.45, 2.75) is 6.42 Å². The molecule has 3 rings (SSSR count). The molecule has 22 heavy (non-hydrogen) atoms. The van der Waals surface area contributed by atoms with Crippen LogP contribution in [0.25, 0.3) is 11.4 Å². The number of ether oxygens (including phenoxy) is 2. The van der Waals surface area contributed by atoms with Crippen molar-refractivity contribution in [3.63, 3.8) is 0 Å². The third-order valence-electron chi connectivity index (χ3n) is 3.33. The van der Waals surface area contributed by atoms with Gasteiger partial charge in [0.1, 0.15) is 11.5 Å². The Kier molecular flexibility index (Phi) is 4.05. The third kappa shape index (κ3) is 3.09. The molecule has 0 N–H and O–H groups in total. The normalized spacial score (nSPS) is 10.5. The molecule has 3 aromatic rings. The molecular weight excluding hydrogens is 280 g/mol. The van der Waals surface area contributed by atoms with Gasteiger partial charge in [-0.15, -0.1) is 0 Å². The van der Waals surface area contributed by atoms with Gasteiger partial charge in [0.2, 0.25) is 11.7 Å². The van der Waals surface area contributed by atoms with Crippen molar-refractivity contribution < 1.29 is 14.0 Å². The maximum atomic E-state index is 5.31. The minimum atomic E-state index is 0.575. The van der Waals surface area contributed by atoms with Gasteiger partial charge >= 0.3 is 0 Å². The molecule has 112 valence electrons. The van der Waals surface area contributed by atoms with Crippen molar-refractivity contribution in [3.8, 4) is 22.9 Å². The number of hydrogen-bond acceptors (Lipinski definition) is 5. The molecule has 5 heteroatoms. The molecule has 0 fully saturated rings. The van der Waals surface area contributed by atoms with Crippen LogP contribution in [0.2, 0.25) is 0 Å². The summed E-state index contributed by atoms with van der Waals surface area (Å²) in [7, 11) is 3.28. The number of rotatable bonds is 5. The number of nitrogens with zero attached hydrogens (tertiary/aromatic N) is 2. The van der Waals surface area contributed by atoms with Gasteiger partial charge in [0.15, 0.2) is 0 Å². The largest absolute Gasteiger partial charge is 0.497 e. The van der Waals surface area contributed by atoms with E-state index in [1.165, 1.54) is 0 Å². The lowest BCUT2D eigenvalue weighted by Crippen LogP contribution is -1.89. The van der Waals surface area contributed by atoms with Crippen LogP contribution >= 0.6 is 0 Å². The third-order valence-corrected chi connectivity index (χ3v) is 3.33. The van der Waals surface area contributed by atoms with Crippen molar-refractivity contribution in [3.05, 3.63) is 60.0 Å². The molecule has 0 radical (unpaired) electrons. The lowest BCUT2D eigenvalue weighted by atomic mass is 10.1. The molecule has 0 aliphatic rings. The standard InChI is InChI=1S/C17H16N2O3/c1-20-14-7-3-12(4-8-14)11-16-18-17(19-22-16)13-5-9-15(21-2)10-6-13/h3-10H,11H2,1-2H3. The number of benzene rings is 2. The van der Waals surface area contributed by atoms with Gasteiger partial charge in [-0.25, -0.2) is 0 Å². The van der Waals surface area contributed by atoms with Gasteiger partial charge in [-0.2, -0.15) is 4.98 Å². The minimum Gasteiger partial charge on any atom is -0.497 e. The van der Waals surface area contributed by atoms with Crippen LogP contribution in [-0.2, 0) is 6.42 Å². The van der Waals surface area contributed by atoms with Crippen LogP contribution < -0.4 is 9.47 Å². The summed E-state index contributed by atoms with van der Waals surface area (Å²) < 4.78 is 15.6. The highest BCUT2D eigenvalue weighted by atomic mass is 16.5. The Morgan fingerprint density at radius 3 is 2.05 bits per heavy atom. The van der Waals surface area contributed by atoms with Crippen LogP contribution in [0.4, 0.5) is 0 Å². The highest BCUT2D eigenvalue weighted by Crippen LogP contribution is 2.21. The Labute approximate surface area is 128 Å². The van der Waals surface area contributed by atoms with Crippen molar-refractivity contribution in [1.29, 1.82) is 0 Å². The van der Waals surface area contributed by atoms with E-state index in [1.807, 2.05) is 48.5 Å². The summed E-state index contributed by atoms with van der Waals surface area (Å²) in [6, 6.07) is 15.3. The summed E-state index contributed by atoms with van der Waals surface area (Å²) in [5, 5.41) is 4.02. The number of methoxy groups -OCH3 is 2. The van der Waals surface area contributed by atoms with Crippen molar-refractivity contribution >= 4 is 0 Å². The number of aromatic nitrogens is 2. The van der Waals surface area contributed by atoms with E-state index in [-0.39, 0.29) is 0 Å². The fraction of sp³-hybridized carbons (Fsp3) is 0.176. The van der Waals surface area contributed by atoms with Crippen LogP contribution in [0.1, 0.15) is 11.5 Å². The van der Waals surface area contributed by atoms with E-state index in [0.717, 1.165) is 22.6 Å². The van der Waals surface area contributed by atoms with Crippen LogP contribution in [0.3, 0.4) is 0 Å². The molecule has 2 aromatic carbocycles. The predicted octanol–water partition coefficient (Wildman–Crippen LogP) is 3.34. The molecule has 0 aliphatic heterocycles. The molecule has 0 spiro atoms. The summed E-state index contributed by atoms with van der Waals surface area (Å²) in [5.41, 5.74) is 1.98. The Hall–Kier alpha value is -2.82. The molecule has 0 saturated carbocycles. The van der Waals surface area contributed by atoms with E-state index < -0.39 is 0 Å². The lowest BCUT2D eigenvalue weighted by Gasteiger charge is -2.00. The maximum absolute atomic E-state index is 5.31. The van der Waals surface area contributed by atoms with Crippen molar-refractivity contribution in [2.75, 3.05) is 14.2 Å². The number of hydrogen-bond donors (Lipinski definition) is 0. The average molecular weight is 296 g/mol. The van der Waals surface area contributed by atoms with Gasteiger partial charge in [0.25, 0.3) is 0 Å². The molecule has 0 bridgehead atoms. The van der Waals surface area contributed by atoms with Crippen molar-refractivity contribution in [1.82, 2.24) is 10.1 Å². The van der Waals surface area contributed by atoms with Crippen LogP contribution in [0.15, 0.2) is 53.1 Å². The Morgan fingerprint density at radius 1 is 0.864 bits per heavy atom. The molecule has 5 nitrogen and oxygen atoms in total. The second kappa shape index (κ2) is 6.30. The summed E-state index contributed by atoms with van der Waals surface area (Å²) in [4.78, 5) is 4.42. The maximum Gasteiger partial charge on any atom is 0.231 e. The van der Waals surface area contributed by atoms with Gasteiger partial charge in [-0.1, -0.05) is 17.3 Å². The summed E-state index contributed by atoms with van der Waals surface area (Å²) in [5.74, 6) is 2.78. The zero-order valence-electron chi connectivity index (χ0n) is 12.4. The first kappa shape index (κ1) is 14.1. The van der Waals surface area contributed by atoms with Gasteiger partial charge in [-0.3, -0.25) is 0 Å². The smallest absolute Gasteiger partial charge is 0.231 e. The highest BCUT2D eigenvalue weighted by Gasteiger charge is 2.09. The molecule has 0 amide bonds. The zero-order valence-corrected chi connectivity index (χ0v) is 12.4. The molecular formula is C17H16N2O3. The minimum absolute atomic E-state index is 0.575. The molecule has 0 aliphatic carbocycles. The quantitative estimate of drug-likeness (QED) is 0.722. The highest BCUT2D eigenvalue weighted by molar-refractivity contribution is 5.55. The fourth-order valence-electron chi connectivity index (χ4n) is 2.10. The topological polar surface area (TPSA) is 57.4 Å². The zero-order chi connectivity index (χ0) is 15.4. The summed E-state index contributed by atoms with van der Waals surface area (Å²) >= 11 is 0. The van der Waals surface area contributed by atoms with Gasteiger partial charge in [-0.05, 0) is 42.0 Å². The first-order valence-corrected chi connectivity index (χ1v) is 6.88. The summed E-state index contributed by atoms with van der Waals surface area (Å²) in [6.45, 7) is 0. The van der Waals surface area contributed by atoms with E-state index in [2.05, 4.69) is 10.1 Å². The van der Waals surface area contributed by atoms with Crippen LogP contribution in [-0.4, -0.2) is 24.4 Å². The first-order chi connectivity index (χ1) is 10.8. The fourth-order valence-corrected chi connectivity index (χ4v) is 2.10. The lowest BCUT2D eigenvalue weighted by molar-refractivity contribution is 0.385. The molecule has 1 aromatic heterocycles. The monoisotopic (exact) mass is 296 g/mol. The second-order valence-electron chi connectivity index (χ2n) is 4.77. The van der Waals surface area contributed by atoms with Crippen molar-refractivity contribution in [2.24, 2.45) is 0 Å². The van der Waals surface area contributed by atoms with E-state index in [1.54, 1.807) is 14.2 Å². The Morgan fingerprint density at radius 2 is 1.45 bits per heavy atom. The molecule has 0 atom stereocenters. The molecule has 1 heterocycles. The Bertz CT molecular complexity index is 733. The van der Waals surface area contributed by atoms with E-state index >= 15 is 0 Å². The second-order valence-corrected chi connectivity index (χ2v) is 4.77. The van der Waals surface area contributed by atoms with Gasteiger partial charge in [0.05, 0.1) is 20.6 Å². The van der Waals surface area contributed by atoms with Crippen LogP contribution in [0.5, 0.6) is 11.5 Å². The molecule has 0 unspecified atom stereocenters. The SMILES string of the molecule is COc1ccc(Cc2nc(-c3ccc(OC)cc3)no2)cc1. The van der Waals surface area contributed by atoms with Crippen LogP contribution in [0, 0.1) is 0 Å². The summed E-state index contributed by atoms with van der Waals surface area (Å²) in [6.07, 6.45) is 0.590. The average Bonchev–Trinajstić information content (AvgIpc) is 3.04. The van der Waals surface area contributed by atoms with E-state index in [9.17, 15) is 0 Å². The Balaban J connectivity index is 1.74. The molecule has 0 saturated heterocycles. The van der Waals surface area contributed by atoms with E-state index in [4.69, 9.17) is 14.0 Å². The van der Waals surface area contributed by atoms with Gasteiger partial charge in [0, 0.05) is 5.56 Å². The predicted molar refractivity (Wildman–Crippen MR) is 82.1 cm³/mol.